The quantitative estimate of drug-likeness (QED) is 0.714. The topological polar surface area (TPSA) is 91.7 Å². The average Bonchev–Trinajstić information content (AvgIpc) is 2.64. The molecular weight excluding hydrogens is 368 g/mol. The molecule has 152 valence electrons. The number of hydrogen-bond acceptors (Lipinski definition) is 3. The van der Waals surface area contributed by atoms with Crippen LogP contribution in [0.15, 0.2) is 30.3 Å². The minimum atomic E-state index is -1.27. The minimum absolute atomic E-state index is 0.0108. The molecule has 3 rings (SSSR count). The molecule has 2 aromatic carbocycles. The second-order valence-electron chi connectivity index (χ2n) is 9.22. The van der Waals surface area contributed by atoms with Gasteiger partial charge in [0.1, 0.15) is 0 Å². The zero-order valence-corrected chi connectivity index (χ0v) is 17.4. The van der Waals surface area contributed by atoms with E-state index in [0.29, 0.717) is 5.56 Å². The first-order valence-corrected chi connectivity index (χ1v) is 9.65. The summed E-state index contributed by atoms with van der Waals surface area (Å²) >= 11 is 0. The third kappa shape index (κ3) is 3.69. The zero-order chi connectivity index (χ0) is 21.7. The van der Waals surface area contributed by atoms with Crippen molar-refractivity contribution in [1.29, 1.82) is 0 Å². The molecule has 5 heteroatoms. The van der Waals surface area contributed by atoms with Crippen molar-refractivity contribution >= 4 is 17.7 Å². The van der Waals surface area contributed by atoms with Gasteiger partial charge in [0.05, 0.1) is 11.1 Å². The van der Waals surface area contributed by atoms with Crippen molar-refractivity contribution in [2.45, 2.75) is 58.3 Å². The van der Waals surface area contributed by atoms with Crippen LogP contribution in [0.2, 0.25) is 0 Å². The van der Waals surface area contributed by atoms with Crippen LogP contribution in [0.5, 0.6) is 0 Å². The summed E-state index contributed by atoms with van der Waals surface area (Å²) in [6.45, 7) is 10.6. The number of carbonyl (C=O) groups is 3. The van der Waals surface area contributed by atoms with Gasteiger partial charge in [-0.3, -0.25) is 4.79 Å². The van der Waals surface area contributed by atoms with E-state index in [1.165, 1.54) is 17.7 Å². The van der Waals surface area contributed by atoms with Crippen LogP contribution in [0.3, 0.4) is 0 Å². The molecule has 1 aliphatic carbocycles. The van der Waals surface area contributed by atoms with E-state index in [-0.39, 0.29) is 33.3 Å². The number of carbonyl (C=O) groups excluding carboxylic acids is 1. The fourth-order valence-corrected chi connectivity index (χ4v) is 4.13. The Morgan fingerprint density at radius 1 is 0.724 bits per heavy atom. The van der Waals surface area contributed by atoms with E-state index in [9.17, 15) is 24.6 Å². The van der Waals surface area contributed by atoms with Gasteiger partial charge in [0.2, 0.25) is 0 Å². The van der Waals surface area contributed by atoms with E-state index in [1.807, 2.05) is 13.0 Å². The molecule has 0 spiro atoms. The largest absolute Gasteiger partial charge is 0.478 e. The van der Waals surface area contributed by atoms with E-state index < -0.39 is 11.9 Å². The molecule has 0 aliphatic heterocycles. The van der Waals surface area contributed by atoms with Gasteiger partial charge < -0.3 is 10.2 Å². The Kier molecular flexibility index (Phi) is 4.89. The van der Waals surface area contributed by atoms with Crippen LogP contribution in [0.4, 0.5) is 0 Å². The first kappa shape index (κ1) is 20.8. The highest BCUT2D eigenvalue weighted by Crippen LogP contribution is 2.46. The lowest BCUT2D eigenvalue weighted by Crippen LogP contribution is -2.34. The summed E-state index contributed by atoms with van der Waals surface area (Å²) in [5, 5.41) is 18.6. The summed E-state index contributed by atoms with van der Waals surface area (Å²) in [7, 11) is 0. The Morgan fingerprint density at radius 3 is 1.59 bits per heavy atom. The van der Waals surface area contributed by atoms with E-state index in [1.54, 1.807) is 0 Å². The number of aromatic carboxylic acids is 2. The van der Waals surface area contributed by atoms with Gasteiger partial charge in [-0.05, 0) is 71.6 Å². The smallest absolute Gasteiger partial charge is 0.335 e. The lowest BCUT2D eigenvalue weighted by molar-refractivity contribution is 0.0696. The fraction of sp³-hybridized carbons (Fsp3) is 0.375. The second kappa shape index (κ2) is 6.83. The Labute approximate surface area is 170 Å². The first-order valence-electron chi connectivity index (χ1n) is 9.65. The van der Waals surface area contributed by atoms with E-state index in [4.69, 9.17) is 0 Å². The molecule has 0 fully saturated rings. The van der Waals surface area contributed by atoms with Crippen LogP contribution in [-0.2, 0) is 10.8 Å². The lowest BCUT2D eigenvalue weighted by Gasteiger charge is -2.42. The third-order valence-electron chi connectivity index (χ3n) is 6.13. The highest BCUT2D eigenvalue weighted by atomic mass is 16.4. The number of rotatable bonds is 4. The second-order valence-corrected chi connectivity index (χ2v) is 9.22. The molecule has 2 aromatic rings. The van der Waals surface area contributed by atoms with Gasteiger partial charge in [-0.25, -0.2) is 9.59 Å². The van der Waals surface area contributed by atoms with E-state index >= 15 is 0 Å². The molecule has 1 aliphatic rings. The Hall–Kier alpha value is -2.95. The normalized spacial score (nSPS) is 16.7. The van der Waals surface area contributed by atoms with Gasteiger partial charge in [-0.1, -0.05) is 33.8 Å². The predicted octanol–water partition coefficient (Wildman–Crippen LogP) is 4.97. The molecule has 0 atom stereocenters. The highest BCUT2D eigenvalue weighted by molar-refractivity contribution is 6.12. The molecular formula is C24H26O5. The fourth-order valence-electron chi connectivity index (χ4n) is 4.13. The number of carboxylic acid groups (broad SMARTS) is 2. The summed E-state index contributed by atoms with van der Waals surface area (Å²) in [6.07, 6.45) is 2.06. The van der Waals surface area contributed by atoms with Crippen molar-refractivity contribution < 1.29 is 24.6 Å². The van der Waals surface area contributed by atoms with Crippen LogP contribution in [0, 0.1) is 6.92 Å². The Morgan fingerprint density at radius 2 is 1.14 bits per heavy atom. The van der Waals surface area contributed by atoms with Gasteiger partial charge in [-0.15, -0.1) is 0 Å². The molecule has 0 unspecified atom stereocenters. The van der Waals surface area contributed by atoms with Gasteiger partial charge in [0.15, 0.2) is 5.78 Å². The van der Waals surface area contributed by atoms with Crippen molar-refractivity contribution in [3.63, 3.8) is 0 Å². The SMILES string of the molecule is Cc1cc2c(cc1C(=O)c1cc(C(=O)O)cc(C(=O)O)c1)C(C)(C)CCC2(C)C. The number of ketones is 1. The molecule has 0 heterocycles. The van der Waals surface area contributed by atoms with Gasteiger partial charge in [0, 0.05) is 11.1 Å². The maximum atomic E-state index is 13.3. The van der Waals surface area contributed by atoms with E-state index in [2.05, 4.69) is 33.8 Å². The molecule has 0 aromatic heterocycles. The lowest BCUT2D eigenvalue weighted by atomic mass is 9.62. The number of aryl methyl sites for hydroxylation is 1. The van der Waals surface area contributed by atoms with Crippen molar-refractivity contribution in [1.82, 2.24) is 0 Å². The number of benzene rings is 2. The van der Waals surface area contributed by atoms with Gasteiger partial charge in [-0.2, -0.15) is 0 Å². The number of fused-ring (bicyclic) bond motifs is 1. The molecule has 2 N–H and O–H groups in total. The Bertz CT molecular complexity index is 1010. The molecule has 0 saturated heterocycles. The summed E-state index contributed by atoms with van der Waals surface area (Å²) in [4.78, 5) is 36.1. The molecule has 29 heavy (non-hydrogen) atoms. The maximum Gasteiger partial charge on any atom is 0.335 e. The zero-order valence-electron chi connectivity index (χ0n) is 17.4. The maximum absolute atomic E-state index is 13.3. The molecule has 5 nitrogen and oxygen atoms in total. The highest BCUT2D eigenvalue weighted by Gasteiger charge is 2.38. The average molecular weight is 394 g/mol. The standard InChI is InChI=1S/C24H26O5/c1-13-8-18-19(24(4,5)7-6-23(18,2)3)12-17(13)20(25)14-9-15(21(26)27)11-16(10-14)22(28)29/h8-12H,6-7H2,1-5H3,(H,26,27)(H,28,29). The predicted molar refractivity (Wildman–Crippen MR) is 110 cm³/mol. The molecule has 0 radical (unpaired) electrons. The van der Waals surface area contributed by atoms with Crippen LogP contribution < -0.4 is 0 Å². The van der Waals surface area contributed by atoms with Crippen LogP contribution in [-0.4, -0.2) is 27.9 Å². The monoisotopic (exact) mass is 394 g/mol. The van der Waals surface area contributed by atoms with Gasteiger partial charge >= 0.3 is 11.9 Å². The van der Waals surface area contributed by atoms with Gasteiger partial charge in [0.25, 0.3) is 0 Å². The molecule has 0 bridgehead atoms. The third-order valence-corrected chi connectivity index (χ3v) is 6.13. The summed E-state index contributed by atoms with van der Waals surface area (Å²) in [5.74, 6) is -2.91. The van der Waals surface area contributed by atoms with Crippen LogP contribution in [0.1, 0.15) is 93.9 Å². The van der Waals surface area contributed by atoms with Crippen molar-refractivity contribution in [2.24, 2.45) is 0 Å². The van der Waals surface area contributed by atoms with Crippen molar-refractivity contribution in [3.8, 4) is 0 Å². The molecule has 0 saturated carbocycles. The Balaban J connectivity index is 2.19. The van der Waals surface area contributed by atoms with E-state index in [0.717, 1.165) is 30.0 Å². The number of hydrogen-bond donors (Lipinski definition) is 2. The first-order chi connectivity index (χ1) is 13.3. The number of carboxylic acids is 2. The van der Waals surface area contributed by atoms with Crippen molar-refractivity contribution in [3.05, 3.63) is 69.3 Å². The summed E-state index contributed by atoms with van der Waals surface area (Å²) < 4.78 is 0. The van der Waals surface area contributed by atoms with Crippen LogP contribution >= 0.6 is 0 Å². The minimum Gasteiger partial charge on any atom is -0.478 e. The summed E-state index contributed by atoms with van der Waals surface area (Å²) in [5.41, 5.74) is 3.20. The molecule has 0 amide bonds. The van der Waals surface area contributed by atoms with Crippen molar-refractivity contribution in [2.75, 3.05) is 0 Å². The van der Waals surface area contributed by atoms with Crippen LogP contribution in [0.25, 0.3) is 0 Å². The summed E-state index contributed by atoms with van der Waals surface area (Å²) in [6, 6.07) is 7.52.